The van der Waals surface area contributed by atoms with Crippen LogP contribution in [0.2, 0.25) is 0 Å². The molecule has 0 aliphatic carbocycles. The van der Waals surface area contributed by atoms with Gasteiger partial charge in [-0.05, 0) is 24.3 Å². The summed E-state index contributed by atoms with van der Waals surface area (Å²) in [6, 6.07) is 5.02. The molecule has 0 amide bonds. The molecule has 0 bridgehead atoms. The summed E-state index contributed by atoms with van der Waals surface area (Å²) in [4.78, 5) is 20.7. The van der Waals surface area contributed by atoms with Gasteiger partial charge in [-0.15, -0.1) is 0 Å². The molecule has 0 heterocycles. The largest absolute Gasteiger partial charge is 1.00 e. The number of aromatic carboxylic acids is 2. The molecule has 0 saturated heterocycles. The van der Waals surface area contributed by atoms with Crippen LogP contribution in [0.4, 0.5) is 0 Å². The quantitative estimate of drug-likeness (QED) is 0.485. The zero-order valence-corrected chi connectivity index (χ0v) is 12.0. The van der Waals surface area contributed by atoms with Crippen molar-refractivity contribution in [2.75, 3.05) is 0 Å². The first kappa shape index (κ1) is 16.6. The van der Waals surface area contributed by atoms with Crippen LogP contribution >= 0.6 is 0 Å². The van der Waals surface area contributed by atoms with Crippen LogP contribution < -0.4 is 59.1 Å². The fraction of sp³-hybridized carbons (Fsp3) is 0. The predicted octanol–water partition coefficient (Wildman–Crippen LogP) is -4.68. The minimum atomic E-state index is -1.06. The topological polar surface area (TPSA) is 74.6 Å². The van der Waals surface area contributed by atoms with E-state index in [0.717, 1.165) is 0 Å². The van der Waals surface area contributed by atoms with Gasteiger partial charge < -0.3 is 13.1 Å². The molecule has 0 aromatic heterocycles. The Morgan fingerprint density at radius 3 is 1.21 bits per heavy atom. The Morgan fingerprint density at radius 1 is 0.857 bits per heavy atom. The van der Waals surface area contributed by atoms with E-state index in [0.29, 0.717) is 0 Å². The van der Waals surface area contributed by atoms with E-state index in [-0.39, 0.29) is 73.1 Å². The zero-order chi connectivity index (χ0) is 9.14. The molecule has 66 valence electrons. The van der Waals surface area contributed by atoms with Gasteiger partial charge in [-0.2, -0.15) is 0 Å². The first-order valence-electron chi connectivity index (χ1n) is 3.18. The maximum atomic E-state index is 10.3. The first-order chi connectivity index (χ1) is 5.61. The summed E-state index contributed by atoms with van der Waals surface area (Å²) in [6.07, 6.45) is 0. The van der Waals surface area contributed by atoms with E-state index in [4.69, 9.17) is 10.2 Å². The van der Waals surface area contributed by atoms with Crippen LogP contribution in [-0.2, 0) is 0 Å². The molecule has 0 unspecified atom stereocenters. The molecular formula is C8H8Na2O4. The summed E-state index contributed by atoms with van der Waals surface area (Å²) in [5.74, 6) is -2.13. The van der Waals surface area contributed by atoms with Crippen LogP contribution in [0.15, 0.2) is 24.3 Å². The van der Waals surface area contributed by atoms with E-state index >= 15 is 0 Å². The molecule has 4 nitrogen and oxygen atoms in total. The van der Waals surface area contributed by atoms with Crippen LogP contribution in [0.3, 0.4) is 0 Å². The Hall–Kier alpha value is 0.160. The van der Waals surface area contributed by atoms with Crippen molar-refractivity contribution in [2.24, 2.45) is 0 Å². The number of carboxylic acids is 2. The Bertz CT molecular complexity index is 296. The van der Waals surface area contributed by atoms with Gasteiger partial charge in [0.25, 0.3) is 0 Å². The molecule has 1 rings (SSSR count). The Labute approximate surface area is 128 Å². The van der Waals surface area contributed by atoms with Gasteiger partial charge in [0, 0.05) is 0 Å². The van der Waals surface area contributed by atoms with E-state index < -0.39 is 11.9 Å². The van der Waals surface area contributed by atoms with Crippen molar-refractivity contribution in [1.29, 1.82) is 0 Å². The van der Waals surface area contributed by atoms with E-state index in [1.54, 1.807) is 0 Å². The van der Waals surface area contributed by atoms with Gasteiger partial charge >= 0.3 is 71.1 Å². The summed E-state index contributed by atoms with van der Waals surface area (Å²) < 4.78 is 0. The minimum absolute atomic E-state index is 0. The average Bonchev–Trinajstić information content (AvgIpc) is 2.04. The molecular weight excluding hydrogens is 206 g/mol. The molecule has 14 heavy (non-hydrogen) atoms. The van der Waals surface area contributed by atoms with E-state index in [9.17, 15) is 9.59 Å². The molecule has 0 aliphatic heterocycles. The number of rotatable bonds is 2. The van der Waals surface area contributed by atoms with Crippen molar-refractivity contribution in [3.63, 3.8) is 0 Å². The standard InChI is InChI=1S/C8H6O4.2Na.2H/c9-7(10)5-1-2-6(4-3-5)8(11)12;;;;/h1-4H,(H,9,10)(H,11,12);;;;/q;2*+1;2*-1. The van der Waals surface area contributed by atoms with Crippen molar-refractivity contribution in [3.8, 4) is 0 Å². The van der Waals surface area contributed by atoms with Crippen molar-refractivity contribution < 1.29 is 81.8 Å². The summed E-state index contributed by atoms with van der Waals surface area (Å²) >= 11 is 0. The average molecular weight is 214 g/mol. The maximum absolute atomic E-state index is 10.3. The molecule has 6 heteroatoms. The smallest absolute Gasteiger partial charge is 1.00 e. The number of carbonyl (C=O) groups is 2. The molecule has 0 atom stereocenters. The van der Waals surface area contributed by atoms with Crippen LogP contribution in [0.1, 0.15) is 23.6 Å². The summed E-state index contributed by atoms with van der Waals surface area (Å²) in [6.45, 7) is 0. The number of hydrogen-bond acceptors (Lipinski definition) is 2. The Morgan fingerprint density at radius 2 is 1.07 bits per heavy atom. The van der Waals surface area contributed by atoms with Crippen molar-refractivity contribution in [3.05, 3.63) is 35.4 Å². The van der Waals surface area contributed by atoms with Gasteiger partial charge in [-0.3, -0.25) is 0 Å². The third-order valence-corrected chi connectivity index (χ3v) is 1.38. The molecule has 0 saturated carbocycles. The third kappa shape index (κ3) is 4.59. The van der Waals surface area contributed by atoms with Gasteiger partial charge in [-0.1, -0.05) is 0 Å². The minimum Gasteiger partial charge on any atom is -1.00 e. The first-order valence-corrected chi connectivity index (χ1v) is 3.18. The summed E-state index contributed by atoms with van der Waals surface area (Å²) in [5, 5.41) is 16.9. The third-order valence-electron chi connectivity index (χ3n) is 1.38. The maximum Gasteiger partial charge on any atom is 1.00 e. The molecule has 1 aromatic rings. The van der Waals surface area contributed by atoms with Crippen LogP contribution in [0.5, 0.6) is 0 Å². The van der Waals surface area contributed by atoms with Crippen LogP contribution in [0.25, 0.3) is 0 Å². The van der Waals surface area contributed by atoms with Crippen LogP contribution in [0, 0.1) is 0 Å². The van der Waals surface area contributed by atoms with Crippen molar-refractivity contribution in [2.45, 2.75) is 0 Å². The fourth-order valence-corrected chi connectivity index (χ4v) is 0.755. The second kappa shape index (κ2) is 7.45. The SMILES string of the molecule is O=C(O)c1ccc(C(=O)O)cc1.[H-].[H-].[Na+].[Na+]. The summed E-state index contributed by atoms with van der Waals surface area (Å²) in [7, 11) is 0. The number of carboxylic acid groups (broad SMARTS) is 2. The summed E-state index contributed by atoms with van der Waals surface area (Å²) in [5.41, 5.74) is 0.167. The molecule has 0 spiro atoms. The van der Waals surface area contributed by atoms with Gasteiger partial charge in [0.05, 0.1) is 11.1 Å². The monoisotopic (exact) mass is 214 g/mol. The van der Waals surface area contributed by atoms with Crippen LogP contribution in [-0.4, -0.2) is 22.2 Å². The zero-order valence-electron chi connectivity index (χ0n) is 10.0. The normalized spacial score (nSPS) is 8.00. The molecule has 1 aromatic carbocycles. The van der Waals surface area contributed by atoms with E-state index in [1.165, 1.54) is 24.3 Å². The molecule has 0 radical (unpaired) electrons. The fourth-order valence-electron chi connectivity index (χ4n) is 0.755. The van der Waals surface area contributed by atoms with Crippen molar-refractivity contribution in [1.82, 2.24) is 0 Å². The van der Waals surface area contributed by atoms with Gasteiger partial charge in [0.1, 0.15) is 0 Å². The second-order valence-corrected chi connectivity index (χ2v) is 2.19. The molecule has 2 N–H and O–H groups in total. The van der Waals surface area contributed by atoms with Gasteiger partial charge in [0.15, 0.2) is 0 Å². The Balaban J connectivity index is -0.000000180. The predicted molar refractivity (Wildman–Crippen MR) is 42.6 cm³/mol. The van der Waals surface area contributed by atoms with E-state index in [2.05, 4.69) is 0 Å². The number of benzene rings is 1. The van der Waals surface area contributed by atoms with Gasteiger partial charge in [0.2, 0.25) is 0 Å². The molecule has 0 aliphatic rings. The van der Waals surface area contributed by atoms with Crippen molar-refractivity contribution >= 4 is 11.9 Å². The number of hydrogen-bond donors (Lipinski definition) is 2. The van der Waals surface area contributed by atoms with E-state index in [1.807, 2.05) is 0 Å². The Kier molecular flexibility index (Phi) is 8.83. The molecule has 0 fully saturated rings. The van der Waals surface area contributed by atoms with Gasteiger partial charge in [-0.25, -0.2) is 9.59 Å². The second-order valence-electron chi connectivity index (χ2n) is 2.19.